The summed E-state index contributed by atoms with van der Waals surface area (Å²) in [6.45, 7) is 1.98. The van der Waals surface area contributed by atoms with E-state index in [0.717, 1.165) is 15.4 Å². The normalized spacial score (nSPS) is 11.9. The van der Waals surface area contributed by atoms with Gasteiger partial charge < -0.3 is 10.1 Å². The van der Waals surface area contributed by atoms with E-state index in [1.54, 1.807) is 5.38 Å². The summed E-state index contributed by atoms with van der Waals surface area (Å²) >= 11 is 1.44. The molecule has 2 aromatic rings. The van der Waals surface area contributed by atoms with Crippen LogP contribution in [0, 0.1) is 6.92 Å². The zero-order valence-corrected chi connectivity index (χ0v) is 12.5. The van der Waals surface area contributed by atoms with Crippen molar-refractivity contribution in [2.24, 2.45) is 0 Å². The number of nitrogens with one attached hydrogen (secondary N) is 1. The van der Waals surface area contributed by atoms with Gasteiger partial charge in [-0.2, -0.15) is 4.31 Å². The number of carboxylic acid groups (broad SMARTS) is 1. The van der Waals surface area contributed by atoms with Crippen LogP contribution < -0.4 is 0 Å². The molecule has 7 nitrogen and oxygen atoms in total. The van der Waals surface area contributed by atoms with Crippen molar-refractivity contribution in [3.63, 3.8) is 0 Å². The number of sulfonamides is 1. The average Bonchev–Trinajstić information content (AvgIpc) is 2.98. The third-order valence-electron chi connectivity index (χ3n) is 2.65. The molecular formula is C11H13N3O4S2. The molecule has 9 heteroatoms. The molecule has 20 heavy (non-hydrogen) atoms. The summed E-state index contributed by atoms with van der Waals surface area (Å²) in [4.78, 5) is 17.3. The highest BCUT2D eigenvalue weighted by Gasteiger charge is 2.24. The van der Waals surface area contributed by atoms with Crippen LogP contribution in [0.25, 0.3) is 0 Å². The first-order chi connectivity index (χ1) is 9.30. The van der Waals surface area contributed by atoms with Crippen LogP contribution in [0.15, 0.2) is 22.5 Å². The van der Waals surface area contributed by atoms with E-state index in [2.05, 4.69) is 9.97 Å². The maximum atomic E-state index is 12.3. The Balaban J connectivity index is 2.22. The van der Waals surface area contributed by atoms with Gasteiger partial charge in [-0.25, -0.2) is 18.2 Å². The zero-order chi connectivity index (χ0) is 14.9. The third-order valence-corrected chi connectivity index (χ3v) is 5.25. The van der Waals surface area contributed by atoms with Gasteiger partial charge in [0.2, 0.25) is 10.0 Å². The minimum atomic E-state index is -3.74. The van der Waals surface area contributed by atoms with Gasteiger partial charge in [0, 0.05) is 18.6 Å². The lowest BCUT2D eigenvalue weighted by Gasteiger charge is -2.14. The van der Waals surface area contributed by atoms with Gasteiger partial charge in [0.15, 0.2) is 0 Å². The highest BCUT2D eigenvalue weighted by atomic mass is 32.2. The highest BCUT2D eigenvalue weighted by Crippen LogP contribution is 2.18. The Labute approximate surface area is 119 Å². The molecule has 0 spiro atoms. The first-order valence-electron chi connectivity index (χ1n) is 5.60. The number of aryl methyl sites for hydroxylation is 1. The molecule has 108 valence electrons. The monoisotopic (exact) mass is 315 g/mol. The second-order valence-corrected chi connectivity index (χ2v) is 7.28. The molecule has 2 aromatic heterocycles. The van der Waals surface area contributed by atoms with Crippen molar-refractivity contribution in [1.29, 1.82) is 0 Å². The fourth-order valence-corrected chi connectivity index (χ4v) is 3.36. The van der Waals surface area contributed by atoms with Gasteiger partial charge in [0.05, 0.1) is 17.2 Å². The summed E-state index contributed by atoms with van der Waals surface area (Å²) in [6, 6.07) is 1.10. The van der Waals surface area contributed by atoms with Crippen LogP contribution in [0.5, 0.6) is 0 Å². The lowest BCUT2D eigenvalue weighted by atomic mass is 10.4. The second-order valence-electron chi connectivity index (χ2n) is 4.17. The minimum absolute atomic E-state index is 0.0793. The maximum Gasteiger partial charge on any atom is 0.352 e. The largest absolute Gasteiger partial charge is 0.477 e. The first-order valence-corrected chi connectivity index (χ1v) is 7.91. The molecule has 0 saturated carbocycles. The zero-order valence-electron chi connectivity index (χ0n) is 10.8. The van der Waals surface area contributed by atoms with Crippen molar-refractivity contribution in [3.05, 3.63) is 34.0 Å². The molecule has 0 amide bonds. The number of H-pyrrole nitrogens is 1. The molecule has 0 fully saturated rings. The lowest BCUT2D eigenvalue weighted by molar-refractivity contribution is 0.0691. The van der Waals surface area contributed by atoms with E-state index in [4.69, 9.17) is 5.11 Å². The van der Waals surface area contributed by atoms with Crippen molar-refractivity contribution in [2.75, 3.05) is 7.05 Å². The quantitative estimate of drug-likeness (QED) is 0.865. The predicted octanol–water partition coefficient (Wildman–Crippen LogP) is 1.30. The molecule has 0 radical (unpaired) electrons. The van der Waals surface area contributed by atoms with Crippen molar-refractivity contribution in [2.45, 2.75) is 18.4 Å². The molecule has 0 aliphatic carbocycles. The molecule has 0 saturated heterocycles. The number of carboxylic acids is 1. The Morgan fingerprint density at radius 1 is 1.55 bits per heavy atom. The predicted molar refractivity (Wildman–Crippen MR) is 73.3 cm³/mol. The van der Waals surface area contributed by atoms with E-state index in [1.807, 2.05) is 6.92 Å². The Hall–Kier alpha value is -1.71. The Morgan fingerprint density at radius 3 is 2.75 bits per heavy atom. The van der Waals surface area contributed by atoms with E-state index >= 15 is 0 Å². The Kier molecular flexibility index (Phi) is 3.93. The summed E-state index contributed by atoms with van der Waals surface area (Å²) in [5, 5.41) is 11.4. The Morgan fingerprint density at radius 2 is 2.25 bits per heavy atom. The lowest BCUT2D eigenvalue weighted by Crippen LogP contribution is -2.26. The molecule has 0 atom stereocenters. The van der Waals surface area contributed by atoms with Gasteiger partial charge in [-0.3, -0.25) is 0 Å². The third kappa shape index (κ3) is 2.89. The molecule has 0 aromatic carbocycles. The number of hydrogen-bond donors (Lipinski definition) is 2. The van der Waals surface area contributed by atoms with Crippen LogP contribution in [0.4, 0.5) is 0 Å². The summed E-state index contributed by atoms with van der Waals surface area (Å²) in [7, 11) is -2.31. The molecule has 0 unspecified atom stereocenters. The highest BCUT2D eigenvalue weighted by molar-refractivity contribution is 7.89. The number of rotatable bonds is 5. The maximum absolute atomic E-state index is 12.3. The summed E-state index contributed by atoms with van der Waals surface area (Å²) < 4.78 is 25.7. The van der Waals surface area contributed by atoms with E-state index in [-0.39, 0.29) is 17.1 Å². The summed E-state index contributed by atoms with van der Waals surface area (Å²) in [5.74, 6) is -1.20. The van der Waals surface area contributed by atoms with Crippen LogP contribution in [0.3, 0.4) is 0 Å². The molecule has 2 rings (SSSR count). The summed E-state index contributed by atoms with van der Waals surface area (Å²) in [6.07, 6.45) is 1.17. The fraction of sp³-hybridized carbons (Fsp3) is 0.273. The number of thiazole rings is 1. The van der Waals surface area contributed by atoms with Gasteiger partial charge in [-0.15, -0.1) is 11.3 Å². The molecular weight excluding hydrogens is 302 g/mol. The molecule has 0 bridgehead atoms. The molecule has 2 N–H and O–H groups in total. The van der Waals surface area contributed by atoms with E-state index in [0.29, 0.717) is 5.69 Å². The van der Waals surface area contributed by atoms with Crippen molar-refractivity contribution < 1.29 is 18.3 Å². The van der Waals surface area contributed by atoms with Crippen LogP contribution in [0.1, 0.15) is 21.2 Å². The SMILES string of the molecule is Cc1nc(CN(C)S(=O)(=O)c2c[nH]c(C(=O)O)c2)cs1. The summed E-state index contributed by atoms with van der Waals surface area (Å²) in [5.41, 5.74) is 0.494. The van der Waals surface area contributed by atoms with Gasteiger partial charge in [0.1, 0.15) is 10.6 Å². The molecule has 0 aliphatic heterocycles. The van der Waals surface area contributed by atoms with E-state index in [9.17, 15) is 13.2 Å². The number of aromatic nitrogens is 2. The van der Waals surface area contributed by atoms with Crippen LogP contribution >= 0.6 is 11.3 Å². The topological polar surface area (TPSA) is 103 Å². The van der Waals surface area contributed by atoms with E-state index in [1.165, 1.54) is 24.6 Å². The smallest absolute Gasteiger partial charge is 0.352 e. The van der Waals surface area contributed by atoms with E-state index < -0.39 is 16.0 Å². The Bertz CT molecular complexity index is 732. The molecule has 2 heterocycles. The first kappa shape index (κ1) is 14.7. The van der Waals surface area contributed by atoms with Gasteiger partial charge in [0.25, 0.3) is 0 Å². The number of aromatic carboxylic acids is 1. The standard InChI is InChI=1S/C11H13N3O4S2/c1-7-13-8(6-19-7)5-14(2)20(17,18)9-3-10(11(15)16)12-4-9/h3-4,6,12H,5H2,1-2H3,(H,15,16). The number of aromatic amines is 1. The van der Waals surface area contributed by atoms with Crippen LogP contribution in [-0.4, -0.2) is 40.8 Å². The second kappa shape index (κ2) is 5.35. The fourth-order valence-electron chi connectivity index (χ4n) is 1.62. The van der Waals surface area contributed by atoms with Crippen LogP contribution in [-0.2, 0) is 16.6 Å². The van der Waals surface area contributed by atoms with Gasteiger partial charge in [-0.1, -0.05) is 0 Å². The van der Waals surface area contributed by atoms with Crippen molar-refractivity contribution >= 4 is 27.3 Å². The molecule has 0 aliphatic rings. The van der Waals surface area contributed by atoms with Crippen LogP contribution in [0.2, 0.25) is 0 Å². The van der Waals surface area contributed by atoms with Gasteiger partial charge >= 0.3 is 5.97 Å². The van der Waals surface area contributed by atoms with Gasteiger partial charge in [-0.05, 0) is 13.0 Å². The number of nitrogens with zero attached hydrogens (tertiary/aromatic N) is 2. The van der Waals surface area contributed by atoms with Crippen molar-refractivity contribution in [1.82, 2.24) is 14.3 Å². The number of carbonyl (C=O) groups is 1. The van der Waals surface area contributed by atoms with Crippen molar-refractivity contribution in [3.8, 4) is 0 Å². The average molecular weight is 315 g/mol. The minimum Gasteiger partial charge on any atom is -0.477 e. The number of hydrogen-bond acceptors (Lipinski definition) is 5.